The van der Waals surface area contributed by atoms with Gasteiger partial charge in [0.2, 0.25) is 0 Å². The summed E-state index contributed by atoms with van der Waals surface area (Å²) in [5.41, 5.74) is 0.598. The SMILES string of the molecule is O=C(N[C@]1(Cc2ccccc2)CCCCNC1)ON1C(=O)CCC1=O. The number of carbonyl (C=O) groups excluding carboxylic acids is 3. The second-order valence-corrected chi connectivity index (χ2v) is 6.66. The van der Waals surface area contributed by atoms with Crippen LogP contribution in [0.4, 0.5) is 4.79 Å². The normalized spacial score (nSPS) is 24.1. The summed E-state index contributed by atoms with van der Waals surface area (Å²) in [6, 6.07) is 9.92. The van der Waals surface area contributed by atoms with Gasteiger partial charge in [0.05, 0.1) is 5.54 Å². The maximum absolute atomic E-state index is 12.4. The third kappa shape index (κ3) is 4.36. The first-order valence-corrected chi connectivity index (χ1v) is 8.69. The summed E-state index contributed by atoms with van der Waals surface area (Å²) in [4.78, 5) is 40.6. The van der Waals surface area contributed by atoms with Crippen molar-refractivity contribution in [2.24, 2.45) is 0 Å². The van der Waals surface area contributed by atoms with E-state index in [9.17, 15) is 14.4 Å². The summed E-state index contributed by atoms with van der Waals surface area (Å²) < 4.78 is 0. The van der Waals surface area contributed by atoms with Crippen LogP contribution in [0.15, 0.2) is 30.3 Å². The molecule has 2 saturated heterocycles. The van der Waals surface area contributed by atoms with Gasteiger partial charge in [-0.25, -0.2) is 4.79 Å². The van der Waals surface area contributed by atoms with Gasteiger partial charge in [0.1, 0.15) is 0 Å². The van der Waals surface area contributed by atoms with E-state index >= 15 is 0 Å². The summed E-state index contributed by atoms with van der Waals surface area (Å²) >= 11 is 0. The van der Waals surface area contributed by atoms with Crippen LogP contribution in [-0.2, 0) is 20.8 Å². The highest BCUT2D eigenvalue weighted by atomic mass is 16.7. The van der Waals surface area contributed by atoms with Crippen molar-refractivity contribution in [3.63, 3.8) is 0 Å². The smallest absolute Gasteiger partial charge is 0.314 e. The van der Waals surface area contributed by atoms with Gasteiger partial charge in [-0.05, 0) is 37.8 Å². The summed E-state index contributed by atoms with van der Waals surface area (Å²) in [6.45, 7) is 1.51. The Morgan fingerprint density at radius 3 is 2.60 bits per heavy atom. The van der Waals surface area contributed by atoms with E-state index in [4.69, 9.17) is 4.84 Å². The number of rotatable bonds is 4. The molecule has 0 saturated carbocycles. The Balaban J connectivity index is 1.71. The van der Waals surface area contributed by atoms with Crippen LogP contribution in [0.3, 0.4) is 0 Å². The molecule has 1 aromatic carbocycles. The van der Waals surface area contributed by atoms with E-state index in [1.165, 1.54) is 0 Å². The molecule has 0 aromatic heterocycles. The number of amides is 3. The Bertz CT molecular complexity index is 623. The first-order chi connectivity index (χ1) is 12.1. The van der Waals surface area contributed by atoms with Crippen LogP contribution in [0.1, 0.15) is 37.7 Å². The molecular weight excluding hydrogens is 322 g/mol. The average Bonchev–Trinajstić information content (AvgIpc) is 2.78. The number of hydrogen-bond donors (Lipinski definition) is 2. The lowest BCUT2D eigenvalue weighted by Gasteiger charge is -2.34. The zero-order valence-electron chi connectivity index (χ0n) is 14.1. The van der Waals surface area contributed by atoms with Gasteiger partial charge in [-0.15, -0.1) is 5.06 Å². The second-order valence-electron chi connectivity index (χ2n) is 6.66. The quantitative estimate of drug-likeness (QED) is 0.808. The molecule has 2 aliphatic rings. The van der Waals surface area contributed by atoms with Crippen molar-refractivity contribution in [1.29, 1.82) is 0 Å². The number of nitrogens with zero attached hydrogens (tertiary/aromatic N) is 1. The van der Waals surface area contributed by atoms with Gasteiger partial charge < -0.3 is 15.5 Å². The lowest BCUT2D eigenvalue weighted by Crippen LogP contribution is -2.56. The fourth-order valence-corrected chi connectivity index (χ4v) is 3.40. The van der Waals surface area contributed by atoms with Crippen molar-refractivity contribution < 1.29 is 19.2 Å². The summed E-state index contributed by atoms with van der Waals surface area (Å²) in [5, 5.41) is 6.86. The zero-order chi connectivity index (χ0) is 17.7. The maximum atomic E-state index is 12.4. The lowest BCUT2D eigenvalue weighted by atomic mass is 9.86. The molecule has 0 bridgehead atoms. The van der Waals surface area contributed by atoms with Gasteiger partial charge in [-0.2, -0.15) is 0 Å². The topological polar surface area (TPSA) is 87.7 Å². The Hall–Kier alpha value is -2.41. The van der Waals surface area contributed by atoms with Crippen molar-refractivity contribution in [3.8, 4) is 0 Å². The van der Waals surface area contributed by atoms with Crippen molar-refractivity contribution >= 4 is 17.9 Å². The predicted octanol–water partition coefficient (Wildman–Crippen LogP) is 1.53. The fraction of sp³-hybridized carbons (Fsp3) is 0.500. The monoisotopic (exact) mass is 345 g/mol. The number of nitrogens with one attached hydrogen (secondary N) is 2. The fourth-order valence-electron chi connectivity index (χ4n) is 3.40. The van der Waals surface area contributed by atoms with Crippen molar-refractivity contribution in [3.05, 3.63) is 35.9 Å². The summed E-state index contributed by atoms with van der Waals surface area (Å²) in [6.07, 6.45) is 2.87. The molecule has 1 atom stereocenters. The highest BCUT2D eigenvalue weighted by Gasteiger charge is 2.37. The van der Waals surface area contributed by atoms with E-state index < -0.39 is 23.4 Å². The molecule has 0 aliphatic carbocycles. The molecule has 0 spiro atoms. The molecule has 134 valence electrons. The standard InChI is InChI=1S/C18H23N3O4/c22-15-8-9-16(23)21(15)25-17(24)20-18(10-4-5-11-19-13-18)12-14-6-2-1-3-7-14/h1-3,6-7,19H,4-5,8-13H2,(H,20,24)/t18-/m0/s1. The Morgan fingerprint density at radius 1 is 1.16 bits per heavy atom. The number of hydroxylamine groups is 2. The lowest BCUT2D eigenvalue weighted by molar-refractivity contribution is -0.171. The van der Waals surface area contributed by atoms with Gasteiger partial charge in [0.25, 0.3) is 11.8 Å². The van der Waals surface area contributed by atoms with E-state index in [1.807, 2.05) is 30.3 Å². The van der Waals surface area contributed by atoms with E-state index in [2.05, 4.69) is 10.6 Å². The van der Waals surface area contributed by atoms with Crippen LogP contribution in [0.5, 0.6) is 0 Å². The predicted molar refractivity (Wildman–Crippen MR) is 90.3 cm³/mol. The highest BCUT2D eigenvalue weighted by molar-refractivity contribution is 6.01. The highest BCUT2D eigenvalue weighted by Crippen LogP contribution is 2.23. The second kappa shape index (κ2) is 7.65. The third-order valence-electron chi connectivity index (χ3n) is 4.65. The Kier molecular flexibility index (Phi) is 5.33. The molecule has 3 rings (SSSR count). The van der Waals surface area contributed by atoms with Crippen LogP contribution in [0, 0.1) is 0 Å². The van der Waals surface area contributed by atoms with Crippen LogP contribution in [-0.4, -0.2) is 41.6 Å². The number of hydrogen-bond acceptors (Lipinski definition) is 5. The van der Waals surface area contributed by atoms with E-state index in [-0.39, 0.29) is 12.8 Å². The first-order valence-electron chi connectivity index (χ1n) is 8.69. The zero-order valence-corrected chi connectivity index (χ0v) is 14.1. The molecule has 0 unspecified atom stereocenters. The van der Waals surface area contributed by atoms with Gasteiger partial charge in [0.15, 0.2) is 0 Å². The average molecular weight is 345 g/mol. The summed E-state index contributed by atoms with van der Waals surface area (Å²) in [5.74, 6) is -0.951. The molecule has 2 fully saturated rings. The van der Waals surface area contributed by atoms with E-state index in [0.29, 0.717) is 18.0 Å². The van der Waals surface area contributed by atoms with Crippen LogP contribution in [0.2, 0.25) is 0 Å². The Morgan fingerprint density at radius 2 is 1.88 bits per heavy atom. The van der Waals surface area contributed by atoms with Gasteiger partial charge in [-0.3, -0.25) is 9.59 Å². The minimum atomic E-state index is -0.761. The molecule has 7 nitrogen and oxygen atoms in total. The van der Waals surface area contributed by atoms with Gasteiger partial charge in [-0.1, -0.05) is 30.3 Å². The van der Waals surface area contributed by atoms with Crippen LogP contribution in [0.25, 0.3) is 0 Å². The van der Waals surface area contributed by atoms with E-state index in [0.717, 1.165) is 31.4 Å². The molecule has 1 aromatic rings. The number of benzene rings is 1. The number of carbonyl (C=O) groups is 3. The molecule has 2 aliphatic heterocycles. The minimum Gasteiger partial charge on any atom is -0.314 e. The third-order valence-corrected chi connectivity index (χ3v) is 4.65. The van der Waals surface area contributed by atoms with Crippen molar-refractivity contribution in [1.82, 2.24) is 15.7 Å². The first kappa shape index (κ1) is 17.4. The van der Waals surface area contributed by atoms with Gasteiger partial charge >= 0.3 is 6.09 Å². The van der Waals surface area contributed by atoms with Crippen molar-refractivity contribution in [2.45, 2.75) is 44.1 Å². The maximum Gasteiger partial charge on any atom is 0.432 e. The van der Waals surface area contributed by atoms with Crippen LogP contribution < -0.4 is 10.6 Å². The van der Waals surface area contributed by atoms with Crippen LogP contribution >= 0.6 is 0 Å². The van der Waals surface area contributed by atoms with Gasteiger partial charge in [0, 0.05) is 19.4 Å². The molecule has 2 N–H and O–H groups in total. The largest absolute Gasteiger partial charge is 0.432 e. The molecule has 2 heterocycles. The Labute approximate surface area is 146 Å². The number of imide groups is 1. The molecule has 7 heteroatoms. The van der Waals surface area contributed by atoms with Crippen molar-refractivity contribution in [2.75, 3.05) is 13.1 Å². The minimum absolute atomic E-state index is 0.0861. The molecular formula is C18H23N3O4. The summed E-state index contributed by atoms with van der Waals surface area (Å²) in [7, 11) is 0. The molecule has 25 heavy (non-hydrogen) atoms. The molecule has 0 radical (unpaired) electrons. The molecule has 3 amide bonds. The van der Waals surface area contributed by atoms with E-state index in [1.54, 1.807) is 0 Å².